The van der Waals surface area contributed by atoms with Gasteiger partial charge in [-0.25, -0.2) is 9.37 Å². The molecule has 34 heavy (non-hydrogen) atoms. The summed E-state index contributed by atoms with van der Waals surface area (Å²) in [7, 11) is 1.51. The largest absolute Gasteiger partial charge is 0.488 e. The van der Waals surface area contributed by atoms with Crippen molar-refractivity contribution in [2.24, 2.45) is 0 Å². The summed E-state index contributed by atoms with van der Waals surface area (Å²) in [5.74, 6) is -0.310. The van der Waals surface area contributed by atoms with Crippen molar-refractivity contribution in [3.8, 4) is 5.75 Å². The maximum absolute atomic E-state index is 14.5. The molecule has 1 heterocycles. The lowest BCUT2D eigenvalue weighted by molar-refractivity contribution is -0.119. The van der Waals surface area contributed by atoms with Gasteiger partial charge < -0.3 is 14.8 Å². The highest BCUT2D eigenvalue weighted by Gasteiger charge is 2.15. The number of carbonyl (C=O) groups is 1. The molecular formula is C25H27ClFN3O4. The number of hydrogen-bond donors (Lipinski definition) is 1. The van der Waals surface area contributed by atoms with Crippen molar-refractivity contribution in [3.63, 3.8) is 0 Å². The molecule has 0 aliphatic carbocycles. The van der Waals surface area contributed by atoms with E-state index >= 15 is 0 Å². The number of ketones is 1. The summed E-state index contributed by atoms with van der Waals surface area (Å²) >= 11 is 5.98. The fourth-order valence-electron chi connectivity index (χ4n) is 3.25. The Bertz CT molecular complexity index is 1200. The van der Waals surface area contributed by atoms with Gasteiger partial charge in [-0.2, -0.15) is 0 Å². The minimum atomic E-state index is -0.536. The molecule has 9 heteroatoms. The van der Waals surface area contributed by atoms with Crippen molar-refractivity contribution in [2.45, 2.75) is 39.3 Å². The average Bonchev–Trinajstić information content (AvgIpc) is 2.79. The minimum absolute atomic E-state index is 0.0496. The number of carbonyl (C=O) groups excluding carboxylic acids is 1. The van der Waals surface area contributed by atoms with E-state index in [2.05, 4.69) is 10.3 Å². The van der Waals surface area contributed by atoms with Crippen LogP contribution in [0.1, 0.15) is 31.4 Å². The van der Waals surface area contributed by atoms with Crippen LogP contribution in [0.4, 0.5) is 16.0 Å². The molecule has 0 amide bonds. The smallest absolute Gasteiger partial charge is 0.258 e. The molecule has 0 aliphatic rings. The SMILES string of the molecule is COCCC(=O)Cc1cnc(Nc2ccc(OC(C)C)c(F)c2)n(Cc2ccc(Cl)cc2)c1=O. The maximum atomic E-state index is 14.5. The average molecular weight is 488 g/mol. The molecule has 1 N–H and O–H groups in total. The van der Waals surface area contributed by atoms with Crippen molar-refractivity contribution in [1.29, 1.82) is 0 Å². The summed E-state index contributed by atoms with van der Waals surface area (Å²) in [6.45, 7) is 4.09. The topological polar surface area (TPSA) is 82.4 Å². The number of anilines is 2. The first-order valence-electron chi connectivity index (χ1n) is 10.8. The molecule has 0 spiro atoms. The minimum Gasteiger partial charge on any atom is -0.488 e. The van der Waals surface area contributed by atoms with Crippen LogP contribution in [0.2, 0.25) is 5.02 Å². The third-order valence-electron chi connectivity index (χ3n) is 4.90. The third kappa shape index (κ3) is 6.88. The Kier molecular flexibility index (Phi) is 8.79. The Hall–Kier alpha value is -3.23. The maximum Gasteiger partial charge on any atom is 0.258 e. The molecule has 0 unspecified atom stereocenters. The fraction of sp³-hybridized carbons (Fsp3) is 0.320. The summed E-state index contributed by atoms with van der Waals surface area (Å²) in [5, 5.41) is 3.58. The lowest BCUT2D eigenvalue weighted by Crippen LogP contribution is -2.28. The Balaban J connectivity index is 1.94. The van der Waals surface area contributed by atoms with Crippen LogP contribution in [-0.4, -0.2) is 35.2 Å². The zero-order valence-electron chi connectivity index (χ0n) is 19.3. The Labute approximate surface area is 202 Å². The van der Waals surface area contributed by atoms with E-state index in [1.54, 1.807) is 30.3 Å². The van der Waals surface area contributed by atoms with Gasteiger partial charge >= 0.3 is 0 Å². The molecule has 3 aromatic rings. The molecule has 0 saturated carbocycles. The standard InChI is InChI=1S/C25H27ClFN3O4/c1-16(2)34-23-9-8-20(13-22(23)27)29-25-28-14-18(12-21(31)10-11-33-3)24(32)30(25)15-17-4-6-19(26)7-5-17/h4-9,13-14,16H,10-12,15H2,1-3H3,(H,28,29). The van der Waals surface area contributed by atoms with Gasteiger partial charge in [-0.1, -0.05) is 23.7 Å². The lowest BCUT2D eigenvalue weighted by atomic mass is 10.1. The molecule has 1 aromatic heterocycles. The van der Waals surface area contributed by atoms with E-state index in [1.807, 2.05) is 13.8 Å². The van der Waals surface area contributed by atoms with Crippen LogP contribution >= 0.6 is 11.6 Å². The molecule has 0 aliphatic heterocycles. The second-order valence-electron chi connectivity index (χ2n) is 8.02. The van der Waals surface area contributed by atoms with Gasteiger partial charge in [0.25, 0.3) is 5.56 Å². The van der Waals surface area contributed by atoms with Crippen molar-refractivity contribution in [2.75, 3.05) is 19.0 Å². The molecule has 0 radical (unpaired) electrons. The highest BCUT2D eigenvalue weighted by molar-refractivity contribution is 6.30. The third-order valence-corrected chi connectivity index (χ3v) is 5.15. The summed E-state index contributed by atoms with van der Waals surface area (Å²) in [4.78, 5) is 29.9. The molecule has 180 valence electrons. The molecule has 0 fully saturated rings. The molecule has 0 saturated heterocycles. The first-order valence-corrected chi connectivity index (χ1v) is 11.2. The molecule has 0 bridgehead atoms. The van der Waals surface area contributed by atoms with E-state index in [0.29, 0.717) is 10.7 Å². The van der Waals surface area contributed by atoms with Crippen LogP contribution in [-0.2, 0) is 22.5 Å². The van der Waals surface area contributed by atoms with Gasteiger partial charge in [0.05, 0.1) is 19.3 Å². The van der Waals surface area contributed by atoms with Gasteiger partial charge in [0, 0.05) is 48.5 Å². The number of halogens is 2. The quantitative estimate of drug-likeness (QED) is 0.420. The van der Waals surface area contributed by atoms with Crippen LogP contribution in [0.3, 0.4) is 0 Å². The predicted octanol–water partition coefficient (Wildman–Crippen LogP) is 4.76. The number of hydrogen-bond acceptors (Lipinski definition) is 6. The van der Waals surface area contributed by atoms with Gasteiger partial charge in [-0.15, -0.1) is 0 Å². The number of Topliss-reactive ketones (excluding diaryl/α,β-unsaturated/α-hetero) is 1. The van der Waals surface area contributed by atoms with Crippen molar-refractivity contribution in [1.82, 2.24) is 9.55 Å². The molecule has 7 nitrogen and oxygen atoms in total. The van der Waals surface area contributed by atoms with Crippen LogP contribution in [0.5, 0.6) is 5.75 Å². The highest BCUT2D eigenvalue weighted by atomic mass is 35.5. The second kappa shape index (κ2) is 11.8. The van der Waals surface area contributed by atoms with Crippen LogP contribution in [0.15, 0.2) is 53.5 Å². The highest BCUT2D eigenvalue weighted by Crippen LogP contribution is 2.24. The molecule has 3 rings (SSSR count). The number of nitrogens with one attached hydrogen (secondary N) is 1. The van der Waals surface area contributed by atoms with Gasteiger partial charge in [-0.05, 0) is 43.7 Å². The first-order chi connectivity index (χ1) is 16.3. The summed E-state index contributed by atoms with van der Waals surface area (Å²) in [6, 6.07) is 11.5. The fourth-order valence-corrected chi connectivity index (χ4v) is 3.37. The Morgan fingerprint density at radius 3 is 2.59 bits per heavy atom. The van der Waals surface area contributed by atoms with E-state index in [-0.39, 0.29) is 60.7 Å². The van der Waals surface area contributed by atoms with E-state index in [9.17, 15) is 14.0 Å². The van der Waals surface area contributed by atoms with Crippen molar-refractivity contribution >= 4 is 29.0 Å². The monoisotopic (exact) mass is 487 g/mol. The van der Waals surface area contributed by atoms with Gasteiger partial charge in [-0.3, -0.25) is 14.2 Å². The van der Waals surface area contributed by atoms with Crippen LogP contribution in [0, 0.1) is 5.82 Å². The van der Waals surface area contributed by atoms with Crippen LogP contribution in [0.25, 0.3) is 0 Å². The molecule has 0 atom stereocenters. The Morgan fingerprint density at radius 1 is 1.21 bits per heavy atom. The van der Waals surface area contributed by atoms with E-state index in [4.69, 9.17) is 21.1 Å². The first kappa shape index (κ1) is 25.4. The molecule has 2 aromatic carbocycles. The van der Waals surface area contributed by atoms with E-state index < -0.39 is 5.82 Å². The van der Waals surface area contributed by atoms with Gasteiger partial charge in [0.1, 0.15) is 5.78 Å². The summed E-state index contributed by atoms with van der Waals surface area (Å²) in [5.41, 5.74) is 1.12. The molecular weight excluding hydrogens is 461 g/mol. The second-order valence-corrected chi connectivity index (χ2v) is 8.46. The van der Waals surface area contributed by atoms with Crippen molar-refractivity contribution < 1.29 is 18.7 Å². The zero-order chi connectivity index (χ0) is 24.7. The normalized spacial score (nSPS) is 11.0. The number of benzene rings is 2. The van der Waals surface area contributed by atoms with Crippen molar-refractivity contribution in [3.05, 3.63) is 81.0 Å². The number of rotatable bonds is 11. The van der Waals surface area contributed by atoms with Crippen LogP contribution < -0.4 is 15.6 Å². The Morgan fingerprint density at radius 2 is 1.94 bits per heavy atom. The number of aromatic nitrogens is 2. The van der Waals surface area contributed by atoms with E-state index in [1.165, 1.54) is 30.0 Å². The van der Waals surface area contributed by atoms with Gasteiger partial charge in [0.15, 0.2) is 11.6 Å². The summed E-state index contributed by atoms with van der Waals surface area (Å²) < 4.78 is 26.3. The lowest BCUT2D eigenvalue weighted by Gasteiger charge is -2.16. The van der Waals surface area contributed by atoms with Gasteiger partial charge in [0.2, 0.25) is 5.95 Å². The number of methoxy groups -OCH3 is 1. The number of nitrogens with zero attached hydrogens (tertiary/aromatic N) is 2. The zero-order valence-corrected chi connectivity index (χ0v) is 20.1. The van der Waals surface area contributed by atoms with E-state index in [0.717, 1.165) is 5.56 Å². The summed E-state index contributed by atoms with van der Waals surface area (Å²) in [6.07, 6.45) is 1.36. The predicted molar refractivity (Wildman–Crippen MR) is 130 cm³/mol. The number of ether oxygens (including phenoxy) is 2.